The van der Waals surface area contributed by atoms with Crippen molar-refractivity contribution in [1.29, 1.82) is 0 Å². The van der Waals surface area contributed by atoms with Crippen LogP contribution in [0.1, 0.15) is 26.0 Å². The summed E-state index contributed by atoms with van der Waals surface area (Å²) in [5.41, 5.74) is 1.47. The minimum absolute atomic E-state index is 0.0917. The van der Waals surface area contributed by atoms with Gasteiger partial charge in [-0.05, 0) is 31.5 Å². The average molecular weight is 374 g/mol. The van der Waals surface area contributed by atoms with Crippen LogP contribution in [0.3, 0.4) is 0 Å². The Balaban J connectivity index is 1.46. The molecule has 1 fully saturated rings. The van der Waals surface area contributed by atoms with Crippen LogP contribution in [0.15, 0.2) is 34.9 Å². The minimum atomic E-state index is -0.305. The summed E-state index contributed by atoms with van der Waals surface area (Å²) in [6.07, 6.45) is 2.57. The summed E-state index contributed by atoms with van der Waals surface area (Å²) in [6.45, 7) is 8.67. The van der Waals surface area contributed by atoms with Gasteiger partial charge in [0.2, 0.25) is 11.8 Å². The number of aromatic nitrogens is 1. The quantitative estimate of drug-likeness (QED) is 0.807. The molecule has 7 heteroatoms. The number of nitrogens with zero attached hydrogens (tertiary/aromatic N) is 3. The molecule has 1 aliphatic rings. The molecule has 3 rings (SSSR count). The van der Waals surface area contributed by atoms with Gasteiger partial charge >= 0.3 is 0 Å². The van der Waals surface area contributed by atoms with Gasteiger partial charge in [0.25, 0.3) is 0 Å². The van der Waals surface area contributed by atoms with Gasteiger partial charge in [-0.3, -0.25) is 14.6 Å². The lowest BCUT2D eigenvalue weighted by atomic mass is 10.2. The van der Waals surface area contributed by atoms with E-state index in [4.69, 9.17) is 4.42 Å². The highest BCUT2D eigenvalue weighted by atomic mass is 19.1. The highest BCUT2D eigenvalue weighted by molar-refractivity contribution is 5.78. The van der Waals surface area contributed by atoms with E-state index in [9.17, 15) is 9.18 Å². The standard InChI is InChI=1S/C20H27FN4O2/c1-3-15(2)22-19(26)13-25-9-7-24(8-10-25)12-18-14-27-20(23-18)16-5-4-6-17(21)11-16/h4-6,11,14-15H,3,7-10,12-13H2,1-2H3,(H,22,26). The Morgan fingerprint density at radius 1 is 1.30 bits per heavy atom. The molecule has 1 saturated heterocycles. The van der Waals surface area contributed by atoms with Crippen LogP contribution >= 0.6 is 0 Å². The summed E-state index contributed by atoms with van der Waals surface area (Å²) in [7, 11) is 0. The molecule has 2 aromatic rings. The Labute approximate surface area is 159 Å². The Hall–Kier alpha value is -2.25. The van der Waals surface area contributed by atoms with Crippen LogP contribution in [-0.4, -0.2) is 59.5 Å². The van der Waals surface area contributed by atoms with E-state index in [2.05, 4.69) is 27.0 Å². The summed E-state index contributed by atoms with van der Waals surface area (Å²) >= 11 is 0. The van der Waals surface area contributed by atoms with Crippen LogP contribution in [0.5, 0.6) is 0 Å². The molecule has 1 unspecified atom stereocenters. The Morgan fingerprint density at radius 2 is 2.04 bits per heavy atom. The van der Waals surface area contributed by atoms with E-state index in [0.29, 0.717) is 24.5 Å². The maximum Gasteiger partial charge on any atom is 0.234 e. The van der Waals surface area contributed by atoms with Gasteiger partial charge in [-0.15, -0.1) is 0 Å². The normalized spacial score (nSPS) is 17.0. The number of halogens is 1. The van der Waals surface area contributed by atoms with Crippen LogP contribution in [0.2, 0.25) is 0 Å². The number of carbonyl (C=O) groups is 1. The topological polar surface area (TPSA) is 61.6 Å². The molecule has 1 N–H and O–H groups in total. The second-order valence-electron chi connectivity index (χ2n) is 7.08. The Kier molecular flexibility index (Phi) is 6.58. The van der Waals surface area contributed by atoms with Crippen molar-refractivity contribution in [2.24, 2.45) is 0 Å². The minimum Gasteiger partial charge on any atom is -0.444 e. The summed E-state index contributed by atoms with van der Waals surface area (Å²) < 4.78 is 18.8. The van der Waals surface area contributed by atoms with Gasteiger partial charge in [0.05, 0.1) is 12.2 Å². The molecule has 6 nitrogen and oxygen atoms in total. The van der Waals surface area contributed by atoms with Gasteiger partial charge in [0.1, 0.15) is 12.1 Å². The molecular weight excluding hydrogens is 347 g/mol. The third kappa shape index (κ3) is 5.61. The zero-order valence-electron chi connectivity index (χ0n) is 15.9. The van der Waals surface area contributed by atoms with Gasteiger partial charge in [0, 0.05) is 44.3 Å². The van der Waals surface area contributed by atoms with Crippen molar-refractivity contribution >= 4 is 5.91 Å². The molecular formula is C20H27FN4O2. The van der Waals surface area contributed by atoms with E-state index >= 15 is 0 Å². The van der Waals surface area contributed by atoms with Gasteiger partial charge in [0.15, 0.2) is 0 Å². The number of hydrogen-bond donors (Lipinski definition) is 1. The van der Waals surface area contributed by atoms with E-state index in [1.807, 2.05) is 6.92 Å². The maximum atomic E-state index is 13.3. The van der Waals surface area contributed by atoms with Crippen LogP contribution in [0.4, 0.5) is 4.39 Å². The van der Waals surface area contributed by atoms with Crippen molar-refractivity contribution in [2.75, 3.05) is 32.7 Å². The van der Waals surface area contributed by atoms with Crippen LogP contribution in [0, 0.1) is 5.82 Å². The zero-order valence-corrected chi connectivity index (χ0v) is 15.9. The third-order valence-corrected chi connectivity index (χ3v) is 4.86. The molecule has 1 atom stereocenters. The van der Waals surface area contributed by atoms with E-state index in [-0.39, 0.29) is 17.8 Å². The number of rotatable bonds is 7. The lowest BCUT2D eigenvalue weighted by Crippen LogP contribution is -2.49. The fraction of sp³-hybridized carbons (Fsp3) is 0.500. The Morgan fingerprint density at radius 3 is 2.74 bits per heavy atom. The molecule has 27 heavy (non-hydrogen) atoms. The predicted molar refractivity (Wildman–Crippen MR) is 102 cm³/mol. The molecule has 2 heterocycles. The van der Waals surface area contributed by atoms with E-state index < -0.39 is 0 Å². The lowest BCUT2D eigenvalue weighted by Gasteiger charge is -2.34. The van der Waals surface area contributed by atoms with Gasteiger partial charge in [-0.25, -0.2) is 9.37 Å². The fourth-order valence-corrected chi connectivity index (χ4v) is 3.09. The molecule has 0 aliphatic carbocycles. The van der Waals surface area contributed by atoms with Gasteiger partial charge in [-0.2, -0.15) is 0 Å². The number of amides is 1. The molecule has 146 valence electrons. The van der Waals surface area contributed by atoms with Crippen LogP contribution in [-0.2, 0) is 11.3 Å². The third-order valence-electron chi connectivity index (χ3n) is 4.86. The maximum absolute atomic E-state index is 13.3. The summed E-state index contributed by atoms with van der Waals surface area (Å²) in [4.78, 5) is 20.9. The number of oxazole rings is 1. The first kappa shape index (κ1) is 19.5. The number of benzene rings is 1. The highest BCUT2D eigenvalue weighted by Crippen LogP contribution is 2.20. The molecule has 1 aromatic carbocycles. The van der Waals surface area contributed by atoms with Crippen molar-refractivity contribution in [3.8, 4) is 11.5 Å². The number of piperazine rings is 1. The monoisotopic (exact) mass is 374 g/mol. The molecule has 0 bridgehead atoms. The predicted octanol–water partition coefficient (Wildman–Crippen LogP) is 2.51. The molecule has 0 spiro atoms. The van der Waals surface area contributed by atoms with Crippen molar-refractivity contribution in [3.63, 3.8) is 0 Å². The molecule has 1 aromatic heterocycles. The Bertz CT molecular complexity index is 756. The van der Waals surface area contributed by atoms with Crippen molar-refractivity contribution in [2.45, 2.75) is 32.9 Å². The van der Waals surface area contributed by atoms with Crippen molar-refractivity contribution < 1.29 is 13.6 Å². The molecule has 0 saturated carbocycles. The number of hydrogen-bond acceptors (Lipinski definition) is 5. The van der Waals surface area contributed by atoms with Gasteiger partial charge < -0.3 is 9.73 Å². The smallest absolute Gasteiger partial charge is 0.234 e. The molecule has 1 aliphatic heterocycles. The van der Waals surface area contributed by atoms with Crippen LogP contribution < -0.4 is 5.32 Å². The summed E-state index contributed by atoms with van der Waals surface area (Å²) in [6, 6.07) is 6.46. The first-order chi connectivity index (χ1) is 13.0. The number of carbonyl (C=O) groups excluding carboxylic acids is 1. The molecule has 1 amide bonds. The zero-order chi connectivity index (χ0) is 19.2. The second-order valence-corrected chi connectivity index (χ2v) is 7.08. The first-order valence-electron chi connectivity index (χ1n) is 9.48. The lowest BCUT2D eigenvalue weighted by molar-refractivity contribution is -0.123. The van der Waals surface area contributed by atoms with Gasteiger partial charge in [-0.1, -0.05) is 13.0 Å². The van der Waals surface area contributed by atoms with E-state index in [0.717, 1.165) is 38.3 Å². The molecule has 0 radical (unpaired) electrons. The van der Waals surface area contributed by atoms with Crippen LogP contribution in [0.25, 0.3) is 11.5 Å². The highest BCUT2D eigenvalue weighted by Gasteiger charge is 2.20. The van der Waals surface area contributed by atoms with E-state index in [1.54, 1.807) is 18.4 Å². The first-order valence-corrected chi connectivity index (χ1v) is 9.48. The summed E-state index contributed by atoms with van der Waals surface area (Å²) in [5.74, 6) is 0.222. The van der Waals surface area contributed by atoms with E-state index in [1.165, 1.54) is 12.1 Å². The largest absolute Gasteiger partial charge is 0.444 e. The summed E-state index contributed by atoms with van der Waals surface area (Å²) in [5, 5.41) is 3.01. The fourth-order valence-electron chi connectivity index (χ4n) is 3.09. The van der Waals surface area contributed by atoms with Crippen molar-refractivity contribution in [3.05, 3.63) is 42.0 Å². The second kappa shape index (κ2) is 9.10. The SMILES string of the molecule is CCC(C)NC(=O)CN1CCN(Cc2coc(-c3cccc(F)c3)n2)CC1. The number of nitrogens with one attached hydrogen (secondary N) is 1. The average Bonchev–Trinajstić information content (AvgIpc) is 3.12. The van der Waals surface area contributed by atoms with Crippen molar-refractivity contribution in [1.82, 2.24) is 20.1 Å².